The lowest BCUT2D eigenvalue weighted by Gasteiger charge is -2.26. The smallest absolute Gasteiger partial charge is 0.236 e. The van der Waals surface area contributed by atoms with E-state index in [0.717, 1.165) is 36.7 Å². The molecule has 1 aromatic rings. The Bertz CT molecular complexity index is 459. The molecule has 2 unspecified atom stereocenters. The maximum Gasteiger partial charge on any atom is 0.236 e. The van der Waals surface area contributed by atoms with Crippen molar-refractivity contribution >= 4 is 17.2 Å². The van der Waals surface area contributed by atoms with Gasteiger partial charge in [0, 0.05) is 17.5 Å². The standard InChI is InChI=1S/C16H24N2O2S/c19-14(15-4-2-8-21-15)9-13-3-1-7-18(13)16(20)11-17-10-12-5-6-12/h2,4,8,12-14,17,19H,1,3,5-7,9-11H2. The largest absolute Gasteiger partial charge is 0.387 e. The first-order valence-electron chi connectivity index (χ1n) is 7.95. The van der Waals surface area contributed by atoms with Gasteiger partial charge in [-0.05, 0) is 56.0 Å². The molecule has 0 spiro atoms. The number of hydrogen-bond acceptors (Lipinski definition) is 4. The second kappa shape index (κ2) is 6.90. The number of nitrogens with zero attached hydrogens (tertiary/aromatic N) is 1. The minimum atomic E-state index is -0.442. The van der Waals surface area contributed by atoms with E-state index >= 15 is 0 Å². The van der Waals surface area contributed by atoms with E-state index in [-0.39, 0.29) is 11.9 Å². The molecule has 21 heavy (non-hydrogen) atoms. The molecule has 2 N–H and O–H groups in total. The van der Waals surface area contributed by atoms with E-state index in [1.54, 1.807) is 11.3 Å². The predicted molar refractivity (Wildman–Crippen MR) is 84.2 cm³/mol. The molecule has 0 aromatic carbocycles. The molecular formula is C16H24N2O2S. The number of nitrogens with one attached hydrogen (secondary N) is 1. The average Bonchev–Trinajstić information content (AvgIpc) is 2.95. The zero-order valence-corrected chi connectivity index (χ0v) is 13.1. The van der Waals surface area contributed by atoms with E-state index in [2.05, 4.69) is 5.32 Å². The molecule has 1 aliphatic carbocycles. The van der Waals surface area contributed by atoms with Gasteiger partial charge in [0.1, 0.15) is 0 Å². The molecule has 0 bridgehead atoms. The van der Waals surface area contributed by atoms with Crippen molar-refractivity contribution in [3.05, 3.63) is 22.4 Å². The normalized spacial score (nSPS) is 23.5. The summed E-state index contributed by atoms with van der Waals surface area (Å²) in [7, 11) is 0. The number of rotatable bonds is 7. The first-order chi connectivity index (χ1) is 10.2. The number of carbonyl (C=O) groups is 1. The molecule has 0 radical (unpaired) electrons. The molecule has 1 saturated heterocycles. The number of hydrogen-bond donors (Lipinski definition) is 2. The van der Waals surface area contributed by atoms with E-state index < -0.39 is 6.10 Å². The lowest BCUT2D eigenvalue weighted by molar-refractivity contribution is -0.131. The van der Waals surface area contributed by atoms with Gasteiger partial charge in [0.15, 0.2) is 0 Å². The van der Waals surface area contributed by atoms with Gasteiger partial charge in [-0.25, -0.2) is 0 Å². The Labute approximate surface area is 130 Å². The number of likely N-dealkylation sites (tertiary alicyclic amines) is 1. The maximum atomic E-state index is 12.3. The van der Waals surface area contributed by atoms with Crippen molar-refractivity contribution in [3.8, 4) is 0 Å². The lowest BCUT2D eigenvalue weighted by atomic mass is 10.1. The zero-order chi connectivity index (χ0) is 14.7. The van der Waals surface area contributed by atoms with E-state index in [1.165, 1.54) is 12.8 Å². The van der Waals surface area contributed by atoms with Crippen LogP contribution in [0.5, 0.6) is 0 Å². The number of aliphatic hydroxyl groups excluding tert-OH is 1. The minimum absolute atomic E-state index is 0.191. The van der Waals surface area contributed by atoms with Gasteiger partial charge in [-0.3, -0.25) is 4.79 Å². The Kier molecular flexibility index (Phi) is 4.93. The van der Waals surface area contributed by atoms with Crippen LogP contribution in [0.3, 0.4) is 0 Å². The molecule has 3 rings (SSSR count). The first-order valence-corrected chi connectivity index (χ1v) is 8.83. The molecule has 1 aliphatic heterocycles. The molecule has 2 heterocycles. The Morgan fingerprint density at radius 2 is 2.33 bits per heavy atom. The van der Waals surface area contributed by atoms with Crippen LogP contribution in [0.2, 0.25) is 0 Å². The fraction of sp³-hybridized carbons (Fsp3) is 0.688. The van der Waals surface area contributed by atoms with Crippen LogP contribution in [0.1, 0.15) is 43.1 Å². The third-order valence-corrected chi connectivity index (χ3v) is 5.44. The van der Waals surface area contributed by atoms with E-state index in [1.807, 2.05) is 22.4 Å². The fourth-order valence-corrected chi connectivity index (χ4v) is 3.80. The fourth-order valence-electron chi connectivity index (χ4n) is 3.07. The summed E-state index contributed by atoms with van der Waals surface area (Å²) in [5, 5.41) is 15.5. The summed E-state index contributed by atoms with van der Waals surface area (Å²) in [6.45, 7) is 2.26. The molecule has 2 aliphatic rings. The van der Waals surface area contributed by atoms with E-state index in [0.29, 0.717) is 13.0 Å². The van der Waals surface area contributed by atoms with E-state index in [4.69, 9.17) is 0 Å². The highest BCUT2D eigenvalue weighted by atomic mass is 32.1. The highest BCUT2D eigenvalue weighted by Crippen LogP contribution is 2.30. The van der Waals surface area contributed by atoms with Gasteiger partial charge in [0.2, 0.25) is 5.91 Å². The SMILES string of the molecule is O=C(CNCC1CC1)N1CCCC1CC(O)c1cccs1. The number of carbonyl (C=O) groups excluding carboxylic acids is 1. The second-order valence-corrected chi connectivity index (χ2v) is 7.20. The molecule has 116 valence electrons. The summed E-state index contributed by atoms with van der Waals surface area (Å²) < 4.78 is 0. The number of aliphatic hydroxyl groups is 1. The zero-order valence-electron chi connectivity index (χ0n) is 12.3. The molecule has 5 heteroatoms. The third kappa shape index (κ3) is 4.05. The third-order valence-electron chi connectivity index (χ3n) is 4.47. The summed E-state index contributed by atoms with van der Waals surface area (Å²) >= 11 is 1.58. The summed E-state index contributed by atoms with van der Waals surface area (Å²) in [6.07, 6.45) is 4.89. The Morgan fingerprint density at radius 1 is 1.48 bits per heavy atom. The highest BCUT2D eigenvalue weighted by molar-refractivity contribution is 7.10. The Balaban J connectivity index is 1.48. The summed E-state index contributed by atoms with van der Waals surface area (Å²) in [5.41, 5.74) is 0. The van der Waals surface area contributed by atoms with Crippen molar-refractivity contribution in [2.24, 2.45) is 5.92 Å². The van der Waals surface area contributed by atoms with Crippen LogP contribution in [0.4, 0.5) is 0 Å². The van der Waals surface area contributed by atoms with Crippen LogP contribution in [-0.2, 0) is 4.79 Å². The first kappa shape index (κ1) is 15.0. The number of thiophene rings is 1. The average molecular weight is 308 g/mol. The van der Waals surface area contributed by atoms with Crippen LogP contribution >= 0.6 is 11.3 Å². The molecular weight excluding hydrogens is 284 g/mol. The molecule has 2 atom stereocenters. The predicted octanol–water partition coefficient (Wildman–Crippen LogP) is 2.16. The van der Waals surface area contributed by atoms with Crippen molar-refractivity contribution in [1.29, 1.82) is 0 Å². The Hall–Kier alpha value is -0.910. The maximum absolute atomic E-state index is 12.3. The van der Waals surface area contributed by atoms with Gasteiger partial charge in [-0.2, -0.15) is 0 Å². The molecule has 1 saturated carbocycles. The van der Waals surface area contributed by atoms with Crippen LogP contribution in [-0.4, -0.2) is 41.6 Å². The number of amides is 1. The quantitative estimate of drug-likeness (QED) is 0.811. The molecule has 1 aromatic heterocycles. The van der Waals surface area contributed by atoms with Crippen molar-refractivity contribution in [1.82, 2.24) is 10.2 Å². The van der Waals surface area contributed by atoms with Crippen molar-refractivity contribution in [2.45, 2.75) is 44.2 Å². The van der Waals surface area contributed by atoms with Crippen LogP contribution in [0.25, 0.3) is 0 Å². The highest BCUT2D eigenvalue weighted by Gasteiger charge is 2.31. The van der Waals surface area contributed by atoms with Crippen LogP contribution < -0.4 is 5.32 Å². The van der Waals surface area contributed by atoms with Gasteiger partial charge in [-0.1, -0.05) is 6.07 Å². The van der Waals surface area contributed by atoms with Gasteiger partial charge < -0.3 is 15.3 Å². The van der Waals surface area contributed by atoms with Crippen LogP contribution in [0.15, 0.2) is 17.5 Å². The van der Waals surface area contributed by atoms with Crippen molar-refractivity contribution in [2.75, 3.05) is 19.6 Å². The van der Waals surface area contributed by atoms with E-state index in [9.17, 15) is 9.90 Å². The summed E-state index contributed by atoms with van der Waals surface area (Å²) in [6, 6.07) is 4.12. The van der Waals surface area contributed by atoms with Gasteiger partial charge >= 0.3 is 0 Å². The van der Waals surface area contributed by atoms with Crippen molar-refractivity contribution < 1.29 is 9.90 Å². The molecule has 4 nitrogen and oxygen atoms in total. The summed E-state index contributed by atoms with van der Waals surface area (Å²) in [5.74, 6) is 0.990. The monoisotopic (exact) mass is 308 g/mol. The topological polar surface area (TPSA) is 52.6 Å². The molecule has 1 amide bonds. The molecule has 2 fully saturated rings. The van der Waals surface area contributed by atoms with Crippen LogP contribution in [0, 0.1) is 5.92 Å². The van der Waals surface area contributed by atoms with Crippen molar-refractivity contribution in [3.63, 3.8) is 0 Å². The van der Waals surface area contributed by atoms with Gasteiger partial charge in [0.25, 0.3) is 0 Å². The lowest BCUT2D eigenvalue weighted by Crippen LogP contribution is -2.42. The van der Waals surface area contributed by atoms with Gasteiger partial charge in [-0.15, -0.1) is 11.3 Å². The van der Waals surface area contributed by atoms with Gasteiger partial charge in [0.05, 0.1) is 12.6 Å². The summed E-state index contributed by atoms with van der Waals surface area (Å²) in [4.78, 5) is 15.3. The Morgan fingerprint density at radius 3 is 3.05 bits per heavy atom. The second-order valence-electron chi connectivity index (χ2n) is 6.22. The minimum Gasteiger partial charge on any atom is -0.387 e.